The fraction of sp³-hybridized carbons (Fsp3) is 0.345. The Morgan fingerprint density at radius 2 is 1.67 bits per heavy atom. The lowest BCUT2D eigenvalue weighted by Gasteiger charge is -2.25. The summed E-state index contributed by atoms with van der Waals surface area (Å²) >= 11 is 0. The van der Waals surface area contributed by atoms with E-state index in [2.05, 4.69) is 5.32 Å². The molecule has 188 valence electrons. The Labute approximate surface area is 209 Å². The number of hydrogen-bond acceptors (Lipinski definition) is 6. The van der Waals surface area contributed by atoms with E-state index in [0.29, 0.717) is 23.2 Å². The van der Waals surface area contributed by atoms with Crippen LogP contribution in [0.1, 0.15) is 49.1 Å². The molecule has 2 aromatic carbocycles. The molecule has 0 unspecified atom stereocenters. The highest BCUT2D eigenvalue weighted by molar-refractivity contribution is 6.05. The Balaban J connectivity index is 1.73. The van der Waals surface area contributed by atoms with Crippen molar-refractivity contribution in [1.82, 2.24) is 5.32 Å². The summed E-state index contributed by atoms with van der Waals surface area (Å²) in [6.07, 6.45) is 0.667. The number of hydrogen-bond donors (Lipinski definition) is 1. The molecule has 0 saturated carbocycles. The van der Waals surface area contributed by atoms with Crippen LogP contribution >= 0.6 is 0 Å². The highest BCUT2D eigenvalue weighted by atomic mass is 16.4. The van der Waals surface area contributed by atoms with Crippen molar-refractivity contribution in [1.29, 1.82) is 0 Å². The van der Waals surface area contributed by atoms with Crippen molar-refractivity contribution in [3.8, 4) is 11.1 Å². The lowest BCUT2D eigenvalue weighted by Crippen LogP contribution is -2.51. The fourth-order valence-electron chi connectivity index (χ4n) is 4.78. The van der Waals surface area contributed by atoms with E-state index in [0.717, 1.165) is 38.8 Å². The molecule has 36 heavy (non-hydrogen) atoms. The van der Waals surface area contributed by atoms with Crippen molar-refractivity contribution < 1.29 is 23.5 Å². The summed E-state index contributed by atoms with van der Waals surface area (Å²) in [5.41, 5.74) is 4.50. The highest BCUT2D eigenvalue weighted by Crippen LogP contribution is 2.39. The van der Waals surface area contributed by atoms with Crippen LogP contribution in [-0.2, 0) is 16.0 Å². The van der Waals surface area contributed by atoms with E-state index >= 15 is 0 Å². The second-order valence-corrected chi connectivity index (χ2v) is 9.40. The van der Waals surface area contributed by atoms with Crippen LogP contribution in [0.2, 0.25) is 0 Å². The van der Waals surface area contributed by atoms with Gasteiger partial charge < -0.3 is 24.1 Å². The maximum atomic E-state index is 12.9. The number of benzene rings is 2. The molecule has 0 spiro atoms. The third kappa shape index (κ3) is 4.53. The zero-order valence-electron chi connectivity index (χ0n) is 21.2. The Kier molecular flexibility index (Phi) is 7.02. The van der Waals surface area contributed by atoms with Crippen LogP contribution in [0, 0.1) is 26.7 Å². The molecule has 0 radical (unpaired) electrons. The van der Waals surface area contributed by atoms with Crippen molar-refractivity contribution in [2.45, 2.75) is 59.9 Å². The molecule has 4 rings (SSSR count). The molecule has 0 aliphatic carbocycles. The van der Waals surface area contributed by atoms with Crippen molar-refractivity contribution in [2.24, 2.45) is 5.92 Å². The molecule has 0 fully saturated rings. The van der Waals surface area contributed by atoms with Gasteiger partial charge in [0.2, 0.25) is 5.91 Å². The first kappa shape index (κ1) is 25.2. The summed E-state index contributed by atoms with van der Waals surface area (Å²) in [5, 5.41) is 15.7. The number of furan rings is 1. The van der Waals surface area contributed by atoms with Crippen molar-refractivity contribution in [3.05, 3.63) is 69.3 Å². The molecule has 7 nitrogen and oxygen atoms in total. The van der Waals surface area contributed by atoms with E-state index in [1.165, 1.54) is 0 Å². The number of nitrogens with one attached hydrogen (secondary N) is 1. The summed E-state index contributed by atoms with van der Waals surface area (Å²) in [6, 6.07) is 10.9. The molecule has 4 aromatic rings. The molecule has 0 saturated heterocycles. The van der Waals surface area contributed by atoms with Gasteiger partial charge in [-0.3, -0.25) is 4.79 Å². The Morgan fingerprint density at radius 3 is 2.31 bits per heavy atom. The standard InChI is InChI=1S/C29H31NO6/c1-6-15(2)25(28(32)33)30-23(31)13-12-20-16(3)21-14-22-24(19-10-8-7-9-11-19)18(5)35-27(22)17(4)26(21)36-29(20)34/h7-11,14-15,25H,6,12-13H2,1-5H3,(H,30,31)(H,32,33)/p-1/t15-,25+/m1/s1. The highest BCUT2D eigenvalue weighted by Gasteiger charge is 2.22. The molecule has 0 aliphatic rings. The molecular formula is C29H30NO6-. The molecule has 2 aromatic heterocycles. The molecular weight excluding hydrogens is 458 g/mol. The average molecular weight is 489 g/mol. The predicted octanol–water partition coefficient (Wildman–Crippen LogP) is 4.34. The van der Waals surface area contributed by atoms with Crippen LogP contribution in [-0.4, -0.2) is 17.9 Å². The minimum atomic E-state index is -1.32. The Hall–Kier alpha value is -3.87. The quantitative estimate of drug-likeness (QED) is 0.369. The van der Waals surface area contributed by atoms with Gasteiger partial charge in [-0.2, -0.15) is 0 Å². The normalized spacial score (nSPS) is 13.1. The second kappa shape index (κ2) is 10.0. The summed E-state index contributed by atoms with van der Waals surface area (Å²) < 4.78 is 11.8. The number of aliphatic carboxylic acids is 1. The second-order valence-electron chi connectivity index (χ2n) is 9.40. The van der Waals surface area contributed by atoms with Gasteiger partial charge in [-0.25, -0.2) is 4.79 Å². The number of carbonyl (C=O) groups is 2. The van der Waals surface area contributed by atoms with Gasteiger partial charge in [0.25, 0.3) is 0 Å². The van der Waals surface area contributed by atoms with Gasteiger partial charge >= 0.3 is 5.63 Å². The van der Waals surface area contributed by atoms with Crippen LogP contribution in [0.4, 0.5) is 0 Å². The number of amides is 1. The minimum Gasteiger partial charge on any atom is -0.548 e. The van der Waals surface area contributed by atoms with E-state index in [1.807, 2.05) is 64.1 Å². The summed E-state index contributed by atoms with van der Waals surface area (Å²) in [5.74, 6) is -1.26. The van der Waals surface area contributed by atoms with Gasteiger partial charge in [-0.1, -0.05) is 50.6 Å². The van der Waals surface area contributed by atoms with Gasteiger partial charge in [0.1, 0.15) is 16.9 Å². The Morgan fingerprint density at radius 1 is 1.00 bits per heavy atom. The third-order valence-corrected chi connectivity index (χ3v) is 7.08. The lowest BCUT2D eigenvalue weighted by atomic mass is 9.95. The topological polar surface area (TPSA) is 113 Å². The first-order valence-corrected chi connectivity index (χ1v) is 12.2. The molecule has 1 N–H and O–H groups in total. The summed E-state index contributed by atoms with van der Waals surface area (Å²) in [6.45, 7) is 9.22. The van der Waals surface area contributed by atoms with Crippen molar-refractivity contribution >= 4 is 33.8 Å². The van der Waals surface area contributed by atoms with Gasteiger partial charge in [-0.15, -0.1) is 0 Å². The van der Waals surface area contributed by atoms with Crippen LogP contribution < -0.4 is 16.0 Å². The minimum absolute atomic E-state index is 0.0430. The molecule has 0 bridgehead atoms. The zero-order chi connectivity index (χ0) is 26.1. The molecule has 7 heteroatoms. The predicted molar refractivity (Wildman–Crippen MR) is 137 cm³/mol. The van der Waals surface area contributed by atoms with Crippen LogP contribution in [0.15, 0.2) is 50.0 Å². The average Bonchev–Trinajstić information content (AvgIpc) is 3.19. The molecule has 2 atom stereocenters. The molecule has 0 aliphatic heterocycles. The van der Waals surface area contributed by atoms with E-state index in [-0.39, 0.29) is 18.8 Å². The van der Waals surface area contributed by atoms with Gasteiger partial charge in [0, 0.05) is 33.9 Å². The molecule has 1 amide bonds. The smallest absolute Gasteiger partial charge is 0.339 e. The van der Waals surface area contributed by atoms with Crippen LogP contribution in [0.5, 0.6) is 0 Å². The maximum Gasteiger partial charge on any atom is 0.339 e. The number of aryl methyl sites for hydroxylation is 3. The zero-order valence-corrected chi connectivity index (χ0v) is 21.2. The first-order valence-electron chi connectivity index (χ1n) is 12.2. The molecule has 2 heterocycles. The van der Waals surface area contributed by atoms with Gasteiger partial charge in [-0.05, 0) is 50.3 Å². The van der Waals surface area contributed by atoms with Crippen molar-refractivity contribution in [3.63, 3.8) is 0 Å². The number of carboxylic acid groups (broad SMARTS) is 1. The number of rotatable bonds is 8. The third-order valence-electron chi connectivity index (χ3n) is 7.08. The number of fused-ring (bicyclic) bond motifs is 2. The van der Waals surface area contributed by atoms with E-state index in [1.54, 1.807) is 6.92 Å². The van der Waals surface area contributed by atoms with E-state index in [4.69, 9.17) is 8.83 Å². The number of carboxylic acids is 1. The Bertz CT molecular complexity index is 1510. The summed E-state index contributed by atoms with van der Waals surface area (Å²) in [7, 11) is 0. The maximum absolute atomic E-state index is 12.9. The fourth-order valence-corrected chi connectivity index (χ4v) is 4.78. The van der Waals surface area contributed by atoms with E-state index < -0.39 is 23.5 Å². The lowest BCUT2D eigenvalue weighted by molar-refractivity contribution is -0.309. The first-order chi connectivity index (χ1) is 17.1. The number of carbonyl (C=O) groups excluding carboxylic acids is 2. The van der Waals surface area contributed by atoms with Gasteiger partial charge in [0.15, 0.2) is 0 Å². The SMILES string of the molecule is CC[C@@H](C)[C@H](NC(=O)CCc1c(C)c2cc3c(-c4ccccc4)c(C)oc3c(C)c2oc1=O)C(=O)[O-]. The largest absolute Gasteiger partial charge is 0.548 e. The summed E-state index contributed by atoms with van der Waals surface area (Å²) in [4.78, 5) is 36.9. The van der Waals surface area contributed by atoms with E-state index in [9.17, 15) is 19.5 Å². The van der Waals surface area contributed by atoms with Crippen LogP contribution in [0.3, 0.4) is 0 Å². The van der Waals surface area contributed by atoms with Crippen LogP contribution in [0.25, 0.3) is 33.1 Å². The van der Waals surface area contributed by atoms with Crippen molar-refractivity contribution in [2.75, 3.05) is 0 Å². The van der Waals surface area contributed by atoms with Gasteiger partial charge in [0.05, 0.1) is 12.0 Å². The monoisotopic (exact) mass is 488 g/mol.